The molecule has 6 nitrogen and oxygen atoms in total. The molecule has 2 aromatic rings. The van der Waals surface area contributed by atoms with Crippen LogP contribution in [0.25, 0.3) is 0 Å². The standard InChI is InChI=1S/C18H22FN3O3S/c1-4-25-18(24)14-13(15(17(23)21-2)26-16(14)20)10-22(3)9-11-6-5-7-12(19)8-11/h5-8H,4,9-10,20H2,1-3H3,(H,21,23). The number of halogens is 1. The van der Waals surface area contributed by atoms with Crippen LogP contribution in [0.15, 0.2) is 24.3 Å². The second kappa shape index (κ2) is 8.77. The Morgan fingerprint density at radius 2 is 2.08 bits per heavy atom. The number of carbonyl (C=O) groups is 2. The van der Waals surface area contributed by atoms with Gasteiger partial charge in [0.25, 0.3) is 5.91 Å². The maximum atomic E-state index is 13.4. The molecule has 0 radical (unpaired) electrons. The number of hydrogen-bond donors (Lipinski definition) is 2. The van der Waals surface area contributed by atoms with Crippen LogP contribution in [0.1, 0.15) is 38.1 Å². The molecule has 0 atom stereocenters. The van der Waals surface area contributed by atoms with E-state index in [9.17, 15) is 14.0 Å². The van der Waals surface area contributed by atoms with Gasteiger partial charge in [-0.2, -0.15) is 0 Å². The lowest BCUT2D eigenvalue weighted by Gasteiger charge is -2.18. The third-order valence-corrected chi connectivity index (χ3v) is 4.78. The minimum Gasteiger partial charge on any atom is -0.462 e. The zero-order chi connectivity index (χ0) is 19.3. The van der Waals surface area contributed by atoms with Crippen LogP contribution in [-0.4, -0.2) is 37.5 Å². The molecule has 2 rings (SSSR count). The molecule has 0 saturated heterocycles. The summed E-state index contributed by atoms with van der Waals surface area (Å²) in [5.74, 6) is -1.18. The zero-order valence-corrected chi connectivity index (χ0v) is 15.8. The molecular weight excluding hydrogens is 357 g/mol. The third-order valence-electron chi connectivity index (χ3n) is 3.72. The van der Waals surface area contributed by atoms with Gasteiger partial charge in [-0.1, -0.05) is 12.1 Å². The van der Waals surface area contributed by atoms with Crippen molar-refractivity contribution >= 4 is 28.2 Å². The Kier molecular flexibility index (Phi) is 6.70. The molecule has 1 heterocycles. The van der Waals surface area contributed by atoms with Crippen LogP contribution in [0.3, 0.4) is 0 Å². The summed E-state index contributed by atoms with van der Waals surface area (Å²) in [6, 6.07) is 6.28. The van der Waals surface area contributed by atoms with Crippen molar-refractivity contribution in [3.63, 3.8) is 0 Å². The van der Waals surface area contributed by atoms with Crippen molar-refractivity contribution in [1.29, 1.82) is 0 Å². The van der Waals surface area contributed by atoms with Crippen molar-refractivity contribution in [3.05, 3.63) is 51.7 Å². The van der Waals surface area contributed by atoms with Gasteiger partial charge in [0.2, 0.25) is 0 Å². The van der Waals surface area contributed by atoms with Gasteiger partial charge in [0, 0.05) is 25.7 Å². The Bertz CT molecular complexity index is 807. The fraction of sp³-hybridized carbons (Fsp3) is 0.333. The molecule has 0 aliphatic rings. The Balaban J connectivity index is 2.32. The molecule has 0 saturated carbocycles. The molecule has 0 aliphatic carbocycles. The van der Waals surface area contributed by atoms with E-state index < -0.39 is 5.97 Å². The monoisotopic (exact) mass is 379 g/mol. The van der Waals surface area contributed by atoms with Crippen LogP contribution in [0.5, 0.6) is 0 Å². The molecule has 0 fully saturated rings. The molecule has 8 heteroatoms. The van der Waals surface area contributed by atoms with Crippen molar-refractivity contribution in [3.8, 4) is 0 Å². The van der Waals surface area contributed by atoms with Gasteiger partial charge in [0.05, 0.1) is 17.0 Å². The molecule has 3 N–H and O–H groups in total. The zero-order valence-electron chi connectivity index (χ0n) is 15.0. The number of esters is 1. The first-order valence-corrected chi connectivity index (χ1v) is 8.92. The van der Waals surface area contributed by atoms with Gasteiger partial charge in [0.15, 0.2) is 0 Å². The van der Waals surface area contributed by atoms with E-state index in [1.165, 1.54) is 19.2 Å². The van der Waals surface area contributed by atoms with E-state index in [2.05, 4.69) is 5.32 Å². The summed E-state index contributed by atoms with van der Waals surface area (Å²) in [7, 11) is 3.34. The molecule has 0 unspecified atom stereocenters. The number of ether oxygens (including phenoxy) is 1. The van der Waals surface area contributed by atoms with Gasteiger partial charge in [-0.3, -0.25) is 9.69 Å². The summed E-state index contributed by atoms with van der Waals surface area (Å²) in [4.78, 5) is 26.7. The molecular formula is C18H22FN3O3S. The maximum absolute atomic E-state index is 13.4. The van der Waals surface area contributed by atoms with Crippen LogP contribution in [-0.2, 0) is 17.8 Å². The fourth-order valence-electron chi connectivity index (χ4n) is 2.63. The summed E-state index contributed by atoms with van der Waals surface area (Å²) >= 11 is 1.06. The lowest BCUT2D eigenvalue weighted by molar-refractivity contribution is 0.0526. The highest BCUT2D eigenvalue weighted by atomic mass is 32.1. The van der Waals surface area contributed by atoms with Crippen LogP contribution in [0, 0.1) is 5.82 Å². The third kappa shape index (κ3) is 4.59. The minimum atomic E-state index is -0.550. The van der Waals surface area contributed by atoms with Crippen LogP contribution >= 0.6 is 11.3 Å². The highest BCUT2D eigenvalue weighted by molar-refractivity contribution is 7.18. The van der Waals surface area contributed by atoms with Gasteiger partial charge in [-0.15, -0.1) is 11.3 Å². The first-order chi connectivity index (χ1) is 12.4. The van der Waals surface area contributed by atoms with E-state index in [1.54, 1.807) is 13.0 Å². The van der Waals surface area contributed by atoms with Gasteiger partial charge in [-0.25, -0.2) is 9.18 Å². The van der Waals surface area contributed by atoms with Crippen molar-refractivity contribution in [2.75, 3.05) is 26.4 Å². The molecule has 26 heavy (non-hydrogen) atoms. The van der Waals surface area contributed by atoms with Gasteiger partial charge in [-0.05, 0) is 31.7 Å². The predicted octanol–water partition coefficient (Wildman–Crippen LogP) is 2.64. The van der Waals surface area contributed by atoms with Gasteiger partial charge >= 0.3 is 5.97 Å². The molecule has 1 amide bonds. The van der Waals surface area contributed by atoms with E-state index in [-0.39, 0.29) is 28.9 Å². The number of nitrogen functional groups attached to an aromatic ring is 1. The fourth-order valence-corrected chi connectivity index (χ4v) is 3.65. The van der Waals surface area contributed by atoms with E-state index in [0.29, 0.717) is 23.5 Å². The van der Waals surface area contributed by atoms with Gasteiger partial charge in [0.1, 0.15) is 10.8 Å². The first kappa shape index (κ1) is 19.9. The summed E-state index contributed by atoms with van der Waals surface area (Å²) in [5.41, 5.74) is 7.51. The Morgan fingerprint density at radius 3 is 2.69 bits per heavy atom. The average Bonchev–Trinajstić information content (AvgIpc) is 2.90. The lowest BCUT2D eigenvalue weighted by atomic mass is 10.1. The van der Waals surface area contributed by atoms with Crippen molar-refractivity contribution in [2.45, 2.75) is 20.0 Å². The van der Waals surface area contributed by atoms with Crippen LogP contribution in [0.4, 0.5) is 9.39 Å². The smallest absolute Gasteiger partial charge is 0.341 e. The van der Waals surface area contributed by atoms with Crippen molar-refractivity contribution in [2.24, 2.45) is 0 Å². The summed E-state index contributed by atoms with van der Waals surface area (Å²) in [6.07, 6.45) is 0. The van der Waals surface area contributed by atoms with E-state index in [0.717, 1.165) is 16.9 Å². The van der Waals surface area contributed by atoms with Crippen molar-refractivity contribution < 1.29 is 18.7 Å². The maximum Gasteiger partial charge on any atom is 0.341 e. The van der Waals surface area contributed by atoms with Crippen LogP contribution in [0.2, 0.25) is 0 Å². The largest absolute Gasteiger partial charge is 0.462 e. The van der Waals surface area contributed by atoms with Crippen LogP contribution < -0.4 is 11.1 Å². The van der Waals surface area contributed by atoms with E-state index >= 15 is 0 Å². The quantitative estimate of drug-likeness (QED) is 0.723. The molecule has 140 valence electrons. The number of hydrogen-bond acceptors (Lipinski definition) is 6. The topological polar surface area (TPSA) is 84.7 Å². The summed E-state index contributed by atoms with van der Waals surface area (Å²) in [5, 5.41) is 2.81. The Labute approximate surface area is 155 Å². The highest BCUT2D eigenvalue weighted by Gasteiger charge is 2.27. The van der Waals surface area contributed by atoms with Crippen molar-refractivity contribution in [1.82, 2.24) is 10.2 Å². The molecule has 1 aromatic carbocycles. The summed E-state index contributed by atoms with van der Waals surface area (Å²) in [6.45, 7) is 2.65. The number of nitrogens with two attached hydrogens (primary N) is 1. The number of carbonyl (C=O) groups excluding carboxylic acids is 2. The minimum absolute atomic E-state index is 0.210. The molecule has 0 aliphatic heterocycles. The molecule has 1 aromatic heterocycles. The number of thiophene rings is 1. The highest BCUT2D eigenvalue weighted by Crippen LogP contribution is 2.33. The normalized spacial score (nSPS) is 10.8. The number of benzene rings is 1. The SMILES string of the molecule is CCOC(=O)c1c(N)sc(C(=O)NC)c1CN(C)Cc1cccc(F)c1. The van der Waals surface area contributed by atoms with Gasteiger partial charge < -0.3 is 15.8 Å². The Morgan fingerprint density at radius 1 is 1.35 bits per heavy atom. The molecule has 0 bridgehead atoms. The van der Waals surface area contributed by atoms with E-state index in [4.69, 9.17) is 10.5 Å². The average molecular weight is 379 g/mol. The lowest BCUT2D eigenvalue weighted by Crippen LogP contribution is -2.23. The second-order valence-electron chi connectivity index (χ2n) is 5.75. The number of amides is 1. The second-order valence-corrected chi connectivity index (χ2v) is 6.80. The first-order valence-electron chi connectivity index (χ1n) is 8.10. The predicted molar refractivity (Wildman–Crippen MR) is 99.6 cm³/mol. The van der Waals surface area contributed by atoms with E-state index in [1.807, 2.05) is 18.0 Å². The summed E-state index contributed by atoms with van der Waals surface area (Å²) < 4.78 is 18.5. The number of nitrogens with one attached hydrogen (secondary N) is 1. The number of anilines is 1. The number of rotatable bonds is 7. The number of nitrogens with zero attached hydrogens (tertiary/aromatic N) is 1. The Hall–Kier alpha value is -2.45. The molecule has 0 spiro atoms.